The van der Waals surface area contributed by atoms with Crippen LogP contribution >= 0.6 is 0 Å². The van der Waals surface area contributed by atoms with Crippen LogP contribution in [-0.4, -0.2) is 28.8 Å². The summed E-state index contributed by atoms with van der Waals surface area (Å²) in [6, 6.07) is 0. The van der Waals surface area contributed by atoms with Gasteiger partial charge < -0.3 is 14.6 Å². The number of hydrogen-bond acceptors (Lipinski definition) is 3. The third kappa shape index (κ3) is 3.46. The van der Waals surface area contributed by atoms with Crippen LogP contribution in [0.1, 0.15) is 40.0 Å². The van der Waals surface area contributed by atoms with Gasteiger partial charge in [-0.05, 0) is 19.3 Å². The van der Waals surface area contributed by atoms with Crippen molar-refractivity contribution < 1.29 is 4.74 Å². The second-order valence-electron chi connectivity index (χ2n) is 4.40. The highest BCUT2D eigenvalue weighted by molar-refractivity contribution is 5.30. The Morgan fingerprint density at radius 1 is 1.29 bits per heavy atom. The third-order valence-corrected chi connectivity index (χ3v) is 3.66. The van der Waals surface area contributed by atoms with Gasteiger partial charge in [0.25, 0.3) is 0 Å². The first-order chi connectivity index (χ1) is 8.21. The third-order valence-electron chi connectivity index (χ3n) is 3.66. The van der Waals surface area contributed by atoms with Gasteiger partial charge in [-0.2, -0.15) is 0 Å². The van der Waals surface area contributed by atoms with Crippen molar-refractivity contribution in [3.05, 3.63) is 12.4 Å². The molecule has 0 bridgehead atoms. The van der Waals surface area contributed by atoms with E-state index in [1.54, 1.807) is 7.11 Å². The highest BCUT2D eigenvalue weighted by Crippen LogP contribution is 2.24. The van der Waals surface area contributed by atoms with E-state index in [2.05, 4.69) is 35.6 Å². The summed E-state index contributed by atoms with van der Waals surface area (Å²) in [5, 5.41) is 3.60. The second-order valence-corrected chi connectivity index (χ2v) is 4.40. The van der Waals surface area contributed by atoms with Crippen molar-refractivity contribution in [2.24, 2.45) is 0 Å². The number of nitrogens with one attached hydrogen (secondary N) is 1. The monoisotopic (exact) mass is 239 g/mol. The summed E-state index contributed by atoms with van der Waals surface area (Å²) in [5.74, 6) is 0.951. The molecule has 4 nitrogen and oxygen atoms in total. The molecule has 0 amide bonds. The molecular weight excluding hydrogens is 214 g/mol. The van der Waals surface area contributed by atoms with E-state index >= 15 is 0 Å². The SMILES string of the molecule is CCC(CC)(CC)Nc1nccn1CCOC. The summed E-state index contributed by atoms with van der Waals surface area (Å²) in [7, 11) is 1.72. The Labute approximate surface area is 104 Å². The van der Waals surface area contributed by atoms with Crippen LogP contribution in [0.5, 0.6) is 0 Å². The zero-order chi connectivity index (χ0) is 12.7. The Morgan fingerprint density at radius 2 is 1.94 bits per heavy atom. The van der Waals surface area contributed by atoms with Gasteiger partial charge >= 0.3 is 0 Å². The normalized spacial score (nSPS) is 11.8. The van der Waals surface area contributed by atoms with E-state index in [-0.39, 0.29) is 5.54 Å². The minimum absolute atomic E-state index is 0.163. The molecule has 0 aliphatic heterocycles. The second kappa shape index (κ2) is 6.64. The van der Waals surface area contributed by atoms with Crippen molar-refractivity contribution in [2.75, 3.05) is 19.0 Å². The number of imidazole rings is 1. The molecule has 0 radical (unpaired) electrons. The predicted molar refractivity (Wildman–Crippen MR) is 71.3 cm³/mol. The van der Waals surface area contributed by atoms with Crippen molar-refractivity contribution in [1.29, 1.82) is 0 Å². The molecule has 0 aromatic carbocycles. The molecule has 0 saturated carbocycles. The standard InChI is InChI=1S/C13H25N3O/c1-5-13(6-2,7-3)15-12-14-8-9-16(12)10-11-17-4/h8-9H,5-7,10-11H2,1-4H3,(H,14,15). The number of rotatable bonds is 8. The van der Waals surface area contributed by atoms with E-state index in [0.717, 1.165) is 31.8 Å². The van der Waals surface area contributed by atoms with Crippen LogP contribution in [0.15, 0.2) is 12.4 Å². The first-order valence-electron chi connectivity index (χ1n) is 6.49. The zero-order valence-electron chi connectivity index (χ0n) is 11.5. The molecule has 1 aromatic heterocycles. The van der Waals surface area contributed by atoms with Gasteiger partial charge in [0.1, 0.15) is 0 Å². The summed E-state index contributed by atoms with van der Waals surface area (Å²) in [4.78, 5) is 4.39. The van der Waals surface area contributed by atoms with E-state index < -0.39 is 0 Å². The molecule has 98 valence electrons. The molecule has 0 aliphatic carbocycles. The minimum Gasteiger partial charge on any atom is -0.383 e. The first-order valence-corrected chi connectivity index (χ1v) is 6.49. The van der Waals surface area contributed by atoms with E-state index in [9.17, 15) is 0 Å². The molecule has 1 N–H and O–H groups in total. The van der Waals surface area contributed by atoms with Crippen molar-refractivity contribution in [2.45, 2.75) is 52.1 Å². The lowest BCUT2D eigenvalue weighted by atomic mass is 9.90. The lowest BCUT2D eigenvalue weighted by Gasteiger charge is -2.32. The molecule has 0 fully saturated rings. The minimum atomic E-state index is 0.163. The summed E-state index contributed by atoms with van der Waals surface area (Å²) in [6.07, 6.45) is 7.15. The van der Waals surface area contributed by atoms with Crippen molar-refractivity contribution >= 4 is 5.95 Å². The average molecular weight is 239 g/mol. The molecule has 0 atom stereocenters. The fraction of sp³-hybridized carbons (Fsp3) is 0.769. The van der Waals surface area contributed by atoms with E-state index in [0.29, 0.717) is 6.61 Å². The van der Waals surface area contributed by atoms with Crippen molar-refractivity contribution in [1.82, 2.24) is 9.55 Å². The summed E-state index contributed by atoms with van der Waals surface area (Å²) >= 11 is 0. The fourth-order valence-corrected chi connectivity index (χ4v) is 2.06. The molecule has 0 saturated heterocycles. The van der Waals surface area contributed by atoms with Crippen LogP contribution in [0, 0.1) is 0 Å². The maximum atomic E-state index is 5.10. The number of nitrogens with zero attached hydrogens (tertiary/aromatic N) is 2. The predicted octanol–water partition coefficient (Wildman–Crippen LogP) is 2.91. The van der Waals surface area contributed by atoms with Crippen LogP contribution in [0.2, 0.25) is 0 Å². The van der Waals surface area contributed by atoms with Crippen LogP contribution in [0.4, 0.5) is 5.95 Å². The number of ether oxygens (including phenoxy) is 1. The van der Waals surface area contributed by atoms with Gasteiger partial charge in [0, 0.05) is 31.6 Å². The lowest BCUT2D eigenvalue weighted by molar-refractivity contribution is 0.187. The molecule has 1 heterocycles. The van der Waals surface area contributed by atoms with Crippen LogP contribution in [0.25, 0.3) is 0 Å². The summed E-state index contributed by atoms with van der Waals surface area (Å²) < 4.78 is 7.21. The van der Waals surface area contributed by atoms with Crippen LogP contribution in [-0.2, 0) is 11.3 Å². The van der Waals surface area contributed by atoms with Gasteiger partial charge in [-0.15, -0.1) is 0 Å². The van der Waals surface area contributed by atoms with Crippen molar-refractivity contribution in [3.8, 4) is 0 Å². The Bertz CT molecular complexity index is 310. The molecule has 1 rings (SSSR count). The summed E-state index contributed by atoms with van der Waals surface area (Å²) in [5.41, 5.74) is 0.163. The smallest absolute Gasteiger partial charge is 0.203 e. The van der Waals surface area contributed by atoms with Gasteiger partial charge in [0.15, 0.2) is 0 Å². The number of methoxy groups -OCH3 is 1. The molecule has 1 aromatic rings. The van der Waals surface area contributed by atoms with E-state index in [1.807, 2.05) is 12.4 Å². The maximum Gasteiger partial charge on any atom is 0.203 e. The first kappa shape index (κ1) is 14.0. The average Bonchev–Trinajstić information content (AvgIpc) is 2.80. The van der Waals surface area contributed by atoms with Gasteiger partial charge in [0.2, 0.25) is 5.95 Å². The fourth-order valence-electron chi connectivity index (χ4n) is 2.06. The molecular formula is C13H25N3O. The van der Waals surface area contributed by atoms with Gasteiger partial charge in [0.05, 0.1) is 6.61 Å². The molecule has 4 heteroatoms. The maximum absolute atomic E-state index is 5.10. The molecule has 0 spiro atoms. The highest BCUT2D eigenvalue weighted by atomic mass is 16.5. The van der Waals surface area contributed by atoms with E-state index in [1.165, 1.54) is 0 Å². The Kier molecular flexibility index (Phi) is 5.48. The van der Waals surface area contributed by atoms with Gasteiger partial charge in [-0.3, -0.25) is 0 Å². The quantitative estimate of drug-likeness (QED) is 0.758. The van der Waals surface area contributed by atoms with Crippen LogP contribution < -0.4 is 5.32 Å². The molecule has 17 heavy (non-hydrogen) atoms. The van der Waals surface area contributed by atoms with Gasteiger partial charge in [-0.25, -0.2) is 4.98 Å². The Balaban J connectivity index is 2.75. The van der Waals surface area contributed by atoms with E-state index in [4.69, 9.17) is 4.74 Å². The Hall–Kier alpha value is -1.03. The number of anilines is 1. The topological polar surface area (TPSA) is 39.1 Å². The van der Waals surface area contributed by atoms with Crippen molar-refractivity contribution in [3.63, 3.8) is 0 Å². The Morgan fingerprint density at radius 3 is 2.47 bits per heavy atom. The zero-order valence-corrected chi connectivity index (χ0v) is 11.5. The molecule has 0 aliphatic rings. The van der Waals surface area contributed by atoms with Gasteiger partial charge in [-0.1, -0.05) is 20.8 Å². The largest absolute Gasteiger partial charge is 0.383 e. The summed E-state index contributed by atoms with van der Waals surface area (Å²) in [6.45, 7) is 8.22. The highest BCUT2D eigenvalue weighted by Gasteiger charge is 2.24. The van der Waals surface area contributed by atoms with Crippen LogP contribution in [0.3, 0.4) is 0 Å². The lowest BCUT2D eigenvalue weighted by Crippen LogP contribution is -2.37. The molecule has 0 unspecified atom stereocenters. The number of hydrogen-bond donors (Lipinski definition) is 1. The number of aromatic nitrogens is 2.